The molecule has 44 heavy (non-hydrogen) atoms. The lowest BCUT2D eigenvalue weighted by molar-refractivity contribution is 0.303. The van der Waals surface area contributed by atoms with Crippen molar-refractivity contribution >= 4 is 85.3 Å². The first kappa shape index (κ1) is 31.3. The van der Waals surface area contributed by atoms with Gasteiger partial charge >= 0.3 is 0 Å². The smallest absolute Gasteiger partial charge is 0.128 e. The van der Waals surface area contributed by atoms with Crippen molar-refractivity contribution < 1.29 is 9.47 Å². The zero-order chi connectivity index (χ0) is 30.5. The van der Waals surface area contributed by atoms with Crippen LogP contribution in [-0.2, 0) is 34.5 Å². The van der Waals surface area contributed by atoms with E-state index in [0.717, 1.165) is 76.6 Å². The van der Waals surface area contributed by atoms with Gasteiger partial charge in [-0.1, -0.05) is 161 Å². The first-order valence-electron chi connectivity index (χ1n) is 14.4. The molecule has 0 saturated heterocycles. The number of halogens is 4. The van der Waals surface area contributed by atoms with Crippen molar-refractivity contribution in [2.75, 3.05) is 0 Å². The number of ether oxygens (including phenoxy) is 2. The molecule has 6 aromatic carbocycles. The number of alkyl halides is 4. The Kier molecular flexibility index (Phi) is 10.4. The van der Waals surface area contributed by atoms with Crippen molar-refractivity contribution in [3.05, 3.63) is 143 Å². The van der Waals surface area contributed by atoms with E-state index >= 15 is 0 Å². The summed E-state index contributed by atoms with van der Waals surface area (Å²) in [5.74, 6) is 1.66. The van der Waals surface area contributed by atoms with Crippen LogP contribution in [0.4, 0.5) is 0 Å². The molecule has 0 radical (unpaired) electrons. The highest BCUT2D eigenvalue weighted by atomic mass is 79.9. The van der Waals surface area contributed by atoms with Crippen LogP contribution in [0.1, 0.15) is 33.4 Å². The summed E-state index contributed by atoms with van der Waals surface area (Å²) in [6.07, 6.45) is 0. The lowest BCUT2D eigenvalue weighted by Crippen LogP contribution is -2.02. The maximum atomic E-state index is 6.72. The van der Waals surface area contributed by atoms with E-state index in [1.54, 1.807) is 0 Å². The molecule has 0 aliphatic heterocycles. The average molecular weight is 838 g/mol. The monoisotopic (exact) mass is 834 g/mol. The molecule has 222 valence electrons. The van der Waals surface area contributed by atoms with Crippen LogP contribution < -0.4 is 9.47 Å². The molecule has 0 amide bonds. The van der Waals surface area contributed by atoms with Crippen molar-refractivity contribution in [3.63, 3.8) is 0 Å². The van der Waals surface area contributed by atoms with Crippen LogP contribution in [0.3, 0.4) is 0 Å². The molecule has 0 fully saturated rings. The molecule has 6 rings (SSSR count). The van der Waals surface area contributed by atoms with Crippen LogP contribution in [-0.4, -0.2) is 0 Å². The summed E-state index contributed by atoms with van der Waals surface area (Å²) in [5, 5.41) is 7.77. The third kappa shape index (κ3) is 6.94. The van der Waals surface area contributed by atoms with Crippen LogP contribution in [0.2, 0.25) is 0 Å². The van der Waals surface area contributed by atoms with Gasteiger partial charge in [-0.2, -0.15) is 0 Å². The van der Waals surface area contributed by atoms with Crippen LogP contribution in [0.25, 0.3) is 32.7 Å². The Bertz CT molecular complexity index is 1750. The molecule has 0 aromatic heterocycles. The highest BCUT2D eigenvalue weighted by molar-refractivity contribution is 9.09. The summed E-state index contributed by atoms with van der Waals surface area (Å²) >= 11 is 14.5. The molecule has 0 saturated carbocycles. The maximum absolute atomic E-state index is 6.72. The molecule has 0 aliphatic carbocycles. The van der Waals surface area contributed by atoms with Crippen molar-refractivity contribution in [2.24, 2.45) is 0 Å². The van der Waals surface area contributed by atoms with Crippen LogP contribution in [0.15, 0.2) is 109 Å². The minimum absolute atomic E-state index is 0.460. The number of hydrogen-bond donors (Lipinski definition) is 0. The molecule has 6 heteroatoms. The van der Waals surface area contributed by atoms with E-state index in [1.165, 1.54) is 22.3 Å². The van der Waals surface area contributed by atoms with E-state index in [4.69, 9.17) is 9.47 Å². The molecule has 0 heterocycles. The van der Waals surface area contributed by atoms with Crippen molar-refractivity contribution in [3.8, 4) is 22.6 Å². The minimum Gasteiger partial charge on any atom is -0.488 e. The van der Waals surface area contributed by atoms with Gasteiger partial charge in [0.1, 0.15) is 24.7 Å². The van der Waals surface area contributed by atoms with Gasteiger partial charge in [-0.25, -0.2) is 0 Å². The van der Waals surface area contributed by atoms with Gasteiger partial charge in [-0.05, 0) is 67.1 Å². The molecular weight excluding hydrogens is 808 g/mol. The minimum atomic E-state index is 0.460. The maximum Gasteiger partial charge on any atom is 0.128 e. The fourth-order valence-electron chi connectivity index (χ4n) is 5.74. The van der Waals surface area contributed by atoms with Gasteiger partial charge in [0, 0.05) is 32.4 Å². The fraction of sp³-hybridized carbons (Fsp3) is 0.158. The fourth-order valence-corrected chi connectivity index (χ4v) is 7.03. The topological polar surface area (TPSA) is 18.5 Å². The van der Waals surface area contributed by atoms with E-state index in [2.05, 4.69) is 173 Å². The Labute approximate surface area is 292 Å². The number of rotatable bonds is 11. The second-order valence-corrected chi connectivity index (χ2v) is 13.0. The lowest BCUT2D eigenvalue weighted by Gasteiger charge is -2.20. The molecule has 6 aromatic rings. The molecule has 0 aliphatic rings. The normalized spacial score (nSPS) is 11.3. The van der Waals surface area contributed by atoms with Crippen molar-refractivity contribution in [1.82, 2.24) is 0 Å². The Morgan fingerprint density at radius 1 is 0.386 bits per heavy atom. The van der Waals surface area contributed by atoms with E-state index < -0.39 is 0 Å². The molecule has 2 nitrogen and oxygen atoms in total. The second-order valence-electron chi connectivity index (χ2n) is 10.7. The van der Waals surface area contributed by atoms with Gasteiger partial charge in [0.25, 0.3) is 0 Å². The van der Waals surface area contributed by atoms with Crippen molar-refractivity contribution in [2.45, 2.75) is 34.5 Å². The largest absolute Gasteiger partial charge is 0.488 e. The standard InChI is InChI=1S/C38H30Br4O2/c39-19-25-13-26(20-40)16-29(15-25)23-43-35-11-9-31-5-1-3-7-33(31)37(35)38-34-8-4-2-6-32(34)10-12-36(38)44-24-30-17-27(21-41)14-28(18-30)22-42/h1-18H,19-24H2. The number of fused-ring (bicyclic) bond motifs is 2. The van der Waals surface area contributed by atoms with Crippen LogP contribution in [0.5, 0.6) is 11.5 Å². The highest BCUT2D eigenvalue weighted by Gasteiger charge is 2.19. The Balaban J connectivity index is 1.48. The summed E-state index contributed by atoms with van der Waals surface area (Å²) in [6, 6.07) is 38.8. The molecule has 0 spiro atoms. The number of benzene rings is 6. The van der Waals surface area contributed by atoms with E-state index in [9.17, 15) is 0 Å². The molecule has 0 unspecified atom stereocenters. The predicted molar refractivity (Wildman–Crippen MR) is 199 cm³/mol. The molecule has 0 N–H and O–H groups in total. The second kappa shape index (κ2) is 14.6. The summed E-state index contributed by atoms with van der Waals surface area (Å²) in [4.78, 5) is 0. The zero-order valence-electron chi connectivity index (χ0n) is 24.0. The summed E-state index contributed by atoms with van der Waals surface area (Å²) in [7, 11) is 0. The summed E-state index contributed by atoms with van der Waals surface area (Å²) in [5.41, 5.74) is 9.29. The average Bonchev–Trinajstić information content (AvgIpc) is 3.08. The zero-order valence-corrected chi connectivity index (χ0v) is 30.3. The SMILES string of the molecule is BrCc1cc(CBr)cc(COc2ccc3ccccc3c2-c2c(OCc3cc(CBr)cc(CBr)c3)ccc3ccccc23)c1. The van der Waals surface area contributed by atoms with Crippen LogP contribution >= 0.6 is 63.7 Å². The highest BCUT2D eigenvalue weighted by Crippen LogP contribution is 2.46. The third-order valence-electron chi connectivity index (χ3n) is 7.66. The van der Waals surface area contributed by atoms with Gasteiger partial charge in [-0.3, -0.25) is 0 Å². The first-order chi connectivity index (χ1) is 21.6. The van der Waals surface area contributed by atoms with E-state index in [1.807, 2.05) is 0 Å². The summed E-state index contributed by atoms with van der Waals surface area (Å²) in [6.45, 7) is 0.920. The number of hydrogen-bond acceptors (Lipinski definition) is 2. The van der Waals surface area contributed by atoms with Gasteiger partial charge in [0.05, 0.1) is 0 Å². The van der Waals surface area contributed by atoms with E-state index in [-0.39, 0.29) is 0 Å². The predicted octanol–water partition coefficient (Wildman–Crippen LogP) is 12.4. The summed E-state index contributed by atoms with van der Waals surface area (Å²) < 4.78 is 13.4. The Morgan fingerprint density at radius 3 is 1.09 bits per heavy atom. The van der Waals surface area contributed by atoms with Gasteiger partial charge in [-0.15, -0.1) is 0 Å². The van der Waals surface area contributed by atoms with E-state index in [0.29, 0.717) is 13.2 Å². The lowest BCUT2D eigenvalue weighted by atomic mass is 9.92. The van der Waals surface area contributed by atoms with Gasteiger partial charge in [0.2, 0.25) is 0 Å². The van der Waals surface area contributed by atoms with Crippen LogP contribution in [0, 0.1) is 0 Å². The molecule has 0 atom stereocenters. The van der Waals surface area contributed by atoms with Gasteiger partial charge in [0.15, 0.2) is 0 Å². The van der Waals surface area contributed by atoms with Gasteiger partial charge < -0.3 is 9.47 Å². The van der Waals surface area contributed by atoms with Crippen molar-refractivity contribution in [1.29, 1.82) is 0 Å². The molecule has 0 bridgehead atoms. The third-order valence-corrected chi connectivity index (χ3v) is 10.3. The Morgan fingerprint density at radius 2 is 0.727 bits per heavy atom. The molecular formula is C38H30Br4O2. The first-order valence-corrected chi connectivity index (χ1v) is 18.9. The quantitative estimate of drug-likeness (QED) is 0.121. The Hall–Kier alpha value is -2.64.